The van der Waals surface area contributed by atoms with E-state index in [1.54, 1.807) is 6.92 Å². The topological polar surface area (TPSA) is 61.6 Å². The lowest BCUT2D eigenvalue weighted by Crippen LogP contribution is -2.41. The summed E-state index contributed by atoms with van der Waals surface area (Å²) in [5.41, 5.74) is 10.2. The molecule has 0 aromatic heterocycles. The molecule has 2 N–H and O–H groups in total. The van der Waals surface area contributed by atoms with E-state index in [1.165, 1.54) is 11.8 Å². The van der Waals surface area contributed by atoms with E-state index in [0.29, 0.717) is 5.75 Å². The lowest BCUT2D eigenvalue weighted by atomic mass is 9.78. The highest BCUT2D eigenvalue weighted by atomic mass is 32.2. The first-order valence-corrected chi connectivity index (χ1v) is 9.48. The number of hydrogen-bond donors (Lipinski definition) is 1. The largest absolute Gasteiger partial charge is 0.491 e. The molecule has 1 aliphatic heterocycles. The van der Waals surface area contributed by atoms with Crippen LogP contribution in [0.25, 0.3) is 6.08 Å². The first-order valence-electron chi connectivity index (χ1n) is 8.49. The van der Waals surface area contributed by atoms with E-state index < -0.39 is 18.3 Å². The third kappa shape index (κ3) is 4.49. The van der Waals surface area contributed by atoms with Crippen molar-refractivity contribution in [3.05, 3.63) is 34.3 Å². The van der Waals surface area contributed by atoms with Gasteiger partial charge in [-0.05, 0) is 64.2 Å². The van der Waals surface area contributed by atoms with Gasteiger partial charge in [0.25, 0.3) is 0 Å². The van der Waals surface area contributed by atoms with Crippen LogP contribution in [0.4, 0.5) is 5.69 Å². The Bertz CT molecular complexity index is 697. The summed E-state index contributed by atoms with van der Waals surface area (Å²) >= 11 is 1.25. The number of carbonyl (C=O) groups is 1. The number of aryl methyl sites for hydroxylation is 2. The van der Waals surface area contributed by atoms with Gasteiger partial charge < -0.3 is 15.0 Å². The monoisotopic (exact) mass is 361 g/mol. The van der Waals surface area contributed by atoms with E-state index in [9.17, 15) is 4.79 Å². The minimum Gasteiger partial charge on any atom is -0.400 e. The Kier molecular flexibility index (Phi) is 5.76. The Morgan fingerprint density at radius 2 is 1.76 bits per heavy atom. The molecule has 1 fully saturated rings. The van der Waals surface area contributed by atoms with Crippen molar-refractivity contribution in [3.63, 3.8) is 0 Å². The van der Waals surface area contributed by atoms with E-state index in [2.05, 4.69) is 6.07 Å². The van der Waals surface area contributed by atoms with Crippen molar-refractivity contribution in [2.45, 2.75) is 59.7 Å². The fraction of sp³-hybridized carbons (Fsp3) is 0.526. The third-order valence-electron chi connectivity index (χ3n) is 4.90. The summed E-state index contributed by atoms with van der Waals surface area (Å²) < 4.78 is 12.4. The van der Waals surface area contributed by atoms with Gasteiger partial charge in [-0.25, -0.2) is 0 Å². The molecule has 4 nitrogen and oxygen atoms in total. The molecule has 2 rings (SSSR count). The second-order valence-corrected chi connectivity index (χ2v) is 8.82. The lowest BCUT2D eigenvalue weighted by molar-refractivity contribution is -0.109. The summed E-state index contributed by atoms with van der Waals surface area (Å²) in [6, 6.07) is 4.11. The molecule has 1 heterocycles. The zero-order valence-corrected chi connectivity index (χ0v) is 17.0. The number of hydrogen-bond acceptors (Lipinski definition) is 5. The van der Waals surface area contributed by atoms with Gasteiger partial charge in [0.1, 0.15) is 0 Å². The minimum absolute atomic E-state index is 0.0656. The Morgan fingerprint density at radius 3 is 2.28 bits per heavy atom. The maximum atomic E-state index is 11.5. The SMILES string of the molecule is CC(=O)SCC(=Cc1cc(C)cc(C)c1N)B1OC(C)(C)C(C)(C)O1. The number of thioether (sulfide) groups is 1. The molecule has 0 saturated carbocycles. The fourth-order valence-electron chi connectivity index (χ4n) is 2.69. The van der Waals surface area contributed by atoms with E-state index in [4.69, 9.17) is 15.0 Å². The van der Waals surface area contributed by atoms with Crippen LogP contribution < -0.4 is 5.73 Å². The molecule has 0 amide bonds. The highest BCUT2D eigenvalue weighted by Crippen LogP contribution is 2.39. The maximum Gasteiger partial charge on any atom is 0.491 e. The Hall–Kier alpha value is -1.24. The second-order valence-electron chi connectivity index (χ2n) is 7.67. The van der Waals surface area contributed by atoms with Crippen molar-refractivity contribution < 1.29 is 14.1 Å². The van der Waals surface area contributed by atoms with Crippen LogP contribution in [-0.4, -0.2) is 29.2 Å². The van der Waals surface area contributed by atoms with Crippen molar-refractivity contribution >= 4 is 35.8 Å². The molecule has 0 bridgehead atoms. The molecule has 0 atom stereocenters. The standard InChI is InChI=1S/C19H28BNO3S/c1-12-8-13(2)17(21)15(9-12)10-16(11-25-14(3)22)20-23-18(4,5)19(6,7)24-20/h8-10H,11,21H2,1-7H3. The van der Waals surface area contributed by atoms with Gasteiger partial charge in [-0.2, -0.15) is 0 Å². The summed E-state index contributed by atoms with van der Waals surface area (Å²) in [4.78, 5) is 11.5. The first-order chi connectivity index (χ1) is 11.4. The zero-order valence-electron chi connectivity index (χ0n) is 16.2. The van der Waals surface area contributed by atoms with Crippen LogP contribution >= 0.6 is 11.8 Å². The number of nitrogen functional groups attached to an aromatic ring is 1. The van der Waals surface area contributed by atoms with Gasteiger partial charge in [0.15, 0.2) is 5.12 Å². The van der Waals surface area contributed by atoms with Crippen LogP contribution in [0.2, 0.25) is 0 Å². The molecule has 1 aromatic rings. The van der Waals surface area contributed by atoms with Crippen LogP contribution in [-0.2, 0) is 14.1 Å². The predicted molar refractivity (Wildman–Crippen MR) is 108 cm³/mol. The lowest BCUT2D eigenvalue weighted by Gasteiger charge is -2.32. The van der Waals surface area contributed by atoms with Crippen molar-refractivity contribution in [2.75, 3.05) is 11.5 Å². The predicted octanol–water partition coefficient (Wildman–Crippen LogP) is 4.18. The van der Waals surface area contributed by atoms with E-state index in [-0.39, 0.29) is 5.12 Å². The number of rotatable bonds is 4. The van der Waals surface area contributed by atoms with E-state index in [0.717, 1.165) is 27.9 Å². The molecule has 136 valence electrons. The number of anilines is 1. The highest BCUT2D eigenvalue weighted by Gasteiger charge is 2.52. The fourth-order valence-corrected chi connectivity index (χ4v) is 3.28. The summed E-state index contributed by atoms with van der Waals surface area (Å²) in [6.45, 7) is 13.7. The van der Waals surface area contributed by atoms with Crippen LogP contribution in [0.5, 0.6) is 0 Å². The second kappa shape index (κ2) is 7.18. The highest BCUT2D eigenvalue weighted by molar-refractivity contribution is 8.13. The van der Waals surface area contributed by atoms with E-state index in [1.807, 2.05) is 53.7 Å². The van der Waals surface area contributed by atoms with Crippen molar-refractivity contribution in [2.24, 2.45) is 0 Å². The molecule has 0 unspecified atom stereocenters. The quantitative estimate of drug-likeness (QED) is 0.644. The molecule has 0 radical (unpaired) electrons. The number of benzene rings is 1. The third-order valence-corrected chi connectivity index (χ3v) is 5.79. The van der Waals surface area contributed by atoms with Crippen LogP contribution in [0, 0.1) is 13.8 Å². The normalized spacial score (nSPS) is 19.3. The Morgan fingerprint density at radius 1 is 1.20 bits per heavy atom. The molecule has 0 spiro atoms. The van der Waals surface area contributed by atoms with Crippen LogP contribution in [0.1, 0.15) is 51.3 Å². The molecule has 6 heteroatoms. The summed E-state index contributed by atoms with van der Waals surface area (Å²) in [7, 11) is -0.489. The van der Waals surface area contributed by atoms with Gasteiger partial charge in [0.2, 0.25) is 0 Å². The van der Waals surface area contributed by atoms with E-state index >= 15 is 0 Å². The average Bonchev–Trinajstić information content (AvgIpc) is 2.68. The van der Waals surface area contributed by atoms with Gasteiger partial charge in [0.05, 0.1) is 11.2 Å². The number of carbonyl (C=O) groups excluding carboxylic acids is 1. The van der Waals surface area contributed by atoms with Crippen molar-refractivity contribution in [1.29, 1.82) is 0 Å². The van der Waals surface area contributed by atoms with Crippen LogP contribution in [0.3, 0.4) is 0 Å². The number of nitrogens with two attached hydrogens (primary N) is 1. The maximum absolute atomic E-state index is 11.5. The first kappa shape index (κ1) is 20.1. The molecule has 1 saturated heterocycles. The van der Waals surface area contributed by atoms with Gasteiger partial charge >= 0.3 is 7.12 Å². The van der Waals surface area contributed by atoms with Crippen molar-refractivity contribution in [1.82, 2.24) is 0 Å². The Balaban J connectivity index is 2.42. The molecule has 1 aliphatic rings. The smallest absolute Gasteiger partial charge is 0.400 e. The molecule has 25 heavy (non-hydrogen) atoms. The molecular weight excluding hydrogens is 333 g/mol. The van der Waals surface area contributed by atoms with Gasteiger partial charge in [-0.1, -0.05) is 29.5 Å². The zero-order chi connectivity index (χ0) is 19.0. The average molecular weight is 361 g/mol. The van der Waals surface area contributed by atoms with Crippen molar-refractivity contribution in [3.8, 4) is 0 Å². The Labute approximate surface area is 155 Å². The molecule has 0 aliphatic carbocycles. The minimum atomic E-state index is -0.489. The summed E-state index contributed by atoms with van der Waals surface area (Å²) in [5, 5.41) is 0.0656. The van der Waals surface area contributed by atoms with Gasteiger partial charge in [0, 0.05) is 18.4 Å². The van der Waals surface area contributed by atoms with Crippen LogP contribution in [0.15, 0.2) is 17.6 Å². The molecular formula is C19H28BNO3S. The molecule has 1 aromatic carbocycles. The summed E-state index contributed by atoms with van der Waals surface area (Å²) in [6.07, 6.45) is 2.01. The van der Waals surface area contributed by atoms with Gasteiger partial charge in [-0.3, -0.25) is 4.79 Å². The summed E-state index contributed by atoms with van der Waals surface area (Å²) in [5.74, 6) is 0.512. The van der Waals surface area contributed by atoms with Gasteiger partial charge in [-0.15, -0.1) is 0 Å².